The van der Waals surface area contributed by atoms with Gasteiger partial charge in [0.1, 0.15) is 18.1 Å². The molecule has 0 aliphatic carbocycles. The van der Waals surface area contributed by atoms with Crippen molar-refractivity contribution in [3.63, 3.8) is 0 Å². The van der Waals surface area contributed by atoms with Gasteiger partial charge in [0.2, 0.25) is 5.91 Å². The van der Waals surface area contributed by atoms with Crippen molar-refractivity contribution in [3.05, 3.63) is 53.1 Å². The van der Waals surface area contributed by atoms with Crippen LogP contribution >= 0.6 is 11.6 Å². The zero-order valence-electron chi connectivity index (χ0n) is 16.1. The molecule has 6 heteroatoms. The van der Waals surface area contributed by atoms with Gasteiger partial charge >= 0.3 is 0 Å². The van der Waals surface area contributed by atoms with Crippen molar-refractivity contribution in [2.45, 2.75) is 13.3 Å². The zero-order chi connectivity index (χ0) is 19.5. The van der Waals surface area contributed by atoms with Gasteiger partial charge in [0, 0.05) is 31.2 Å². The lowest BCUT2D eigenvalue weighted by molar-refractivity contribution is -0.137. The molecule has 1 fully saturated rings. The Morgan fingerprint density at radius 3 is 2.75 bits per heavy atom. The van der Waals surface area contributed by atoms with E-state index in [1.807, 2.05) is 48.2 Å². The van der Waals surface area contributed by atoms with Crippen LogP contribution < -0.4 is 14.4 Å². The van der Waals surface area contributed by atoms with Crippen LogP contribution in [0.2, 0.25) is 5.02 Å². The van der Waals surface area contributed by atoms with Gasteiger partial charge in [-0.05, 0) is 49.2 Å². The minimum absolute atomic E-state index is 0.145. The van der Waals surface area contributed by atoms with Crippen LogP contribution in [0.15, 0.2) is 42.5 Å². The number of hydrogen-bond acceptors (Lipinski definition) is 4. The number of nitrogens with zero attached hydrogens (tertiary/aromatic N) is 2. The van der Waals surface area contributed by atoms with Crippen molar-refractivity contribution in [3.8, 4) is 11.5 Å². The lowest BCUT2D eigenvalue weighted by Gasteiger charge is -2.38. The number of amides is 1. The molecular formula is C22H25ClN2O3. The maximum Gasteiger partial charge on any atom is 0.229 e. The highest BCUT2D eigenvalue weighted by molar-refractivity contribution is 6.30. The first-order valence-electron chi connectivity index (χ1n) is 9.82. The molecule has 2 aliphatic rings. The van der Waals surface area contributed by atoms with Crippen LogP contribution in [0.5, 0.6) is 11.5 Å². The molecule has 0 aromatic heterocycles. The molecule has 0 saturated carbocycles. The van der Waals surface area contributed by atoms with Gasteiger partial charge in [0.05, 0.1) is 18.2 Å². The molecule has 2 aromatic rings. The van der Waals surface area contributed by atoms with Gasteiger partial charge in [-0.2, -0.15) is 0 Å². The van der Waals surface area contributed by atoms with Crippen molar-refractivity contribution in [2.75, 3.05) is 44.3 Å². The van der Waals surface area contributed by atoms with Crippen molar-refractivity contribution in [1.29, 1.82) is 0 Å². The fourth-order valence-corrected chi connectivity index (χ4v) is 4.14. The summed E-state index contributed by atoms with van der Waals surface area (Å²) < 4.78 is 11.6. The number of ether oxygens (including phenoxy) is 2. The largest absolute Gasteiger partial charge is 0.492 e. The number of hydrogen-bond donors (Lipinski definition) is 0. The Morgan fingerprint density at radius 2 is 1.96 bits per heavy atom. The van der Waals surface area contributed by atoms with Gasteiger partial charge in [0.25, 0.3) is 0 Å². The summed E-state index contributed by atoms with van der Waals surface area (Å²) in [5, 5.41) is 0.678. The summed E-state index contributed by atoms with van der Waals surface area (Å²) in [6.45, 7) is 6.07. The normalized spacial score (nSPS) is 19.0. The van der Waals surface area contributed by atoms with E-state index in [0.29, 0.717) is 37.7 Å². The predicted octanol–water partition coefficient (Wildman–Crippen LogP) is 3.64. The second-order valence-corrected chi connectivity index (χ2v) is 7.61. The molecule has 0 unspecified atom stereocenters. The fraction of sp³-hybridized carbons (Fsp3) is 0.409. The highest BCUT2D eigenvalue weighted by atomic mass is 35.5. The molecule has 1 atom stereocenters. The third-order valence-electron chi connectivity index (χ3n) is 5.38. The Balaban J connectivity index is 1.38. The third-order valence-corrected chi connectivity index (χ3v) is 5.61. The smallest absolute Gasteiger partial charge is 0.229 e. The van der Waals surface area contributed by atoms with Crippen LogP contribution in [0, 0.1) is 5.92 Å². The SMILES string of the molecule is CCOc1ccccc1N1CCN(C(=O)[C@H]2COc3ccc(Cl)cc3C2)CC1. The minimum Gasteiger partial charge on any atom is -0.492 e. The molecule has 1 amide bonds. The standard InChI is InChI=1S/C22H25ClN2O3/c1-2-27-21-6-4-3-5-19(21)24-9-11-25(12-10-24)22(26)17-13-16-14-18(23)7-8-20(16)28-15-17/h3-8,14,17H,2,9-13,15H2,1H3/t17-/m1/s1. The second-order valence-electron chi connectivity index (χ2n) is 7.18. The number of piperazine rings is 1. The number of rotatable bonds is 4. The summed E-state index contributed by atoms with van der Waals surface area (Å²) in [7, 11) is 0. The van der Waals surface area contributed by atoms with E-state index >= 15 is 0 Å². The van der Waals surface area contributed by atoms with E-state index in [1.165, 1.54) is 0 Å². The highest BCUT2D eigenvalue weighted by Crippen LogP contribution is 2.32. The van der Waals surface area contributed by atoms with Crippen molar-refractivity contribution < 1.29 is 14.3 Å². The number of carbonyl (C=O) groups is 1. The monoisotopic (exact) mass is 400 g/mol. The molecule has 2 aliphatic heterocycles. The van der Waals surface area contributed by atoms with Crippen molar-refractivity contribution >= 4 is 23.2 Å². The first-order chi connectivity index (χ1) is 13.7. The van der Waals surface area contributed by atoms with Gasteiger partial charge < -0.3 is 19.3 Å². The summed E-state index contributed by atoms with van der Waals surface area (Å²) in [5.74, 6) is 1.77. The number of fused-ring (bicyclic) bond motifs is 1. The summed E-state index contributed by atoms with van der Waals surface area (Å²) in [6, 6.07) is 13.7. The molecule has 4 rings (SSSR count). The summed E-state index contributed by atoms with van der Waals surface area (Å²) in [5.41, 5.74) is 2.11. The maximum atomic E-state index is 13.0. The molecule has 0 N–H and O–H groups in total. The van der Waals surface area contributed by atoms with Gasteiger partial charge in [0.15, 0.2) is 0 Å². The molecular weight excluding hydrogens is 376 g/mol. The minimum atomic E-state index is -0.145. The van der Waals surface area contributed by atoms with E-state index in [1.54, 1.807) is 0 Å². The second kappa shape index (κ2) is 8.31. The average Bonchev–Trinajstić information content (AvgIpc) is 2.73. The third kappa shape index (κ3) is 3.90. The Morgan fingerprint density at radius 1 is 1.18 bits per heavy atom. The van der Waals surface area contributed by atoms with Crippen LogP contribution in [0.25, 0.3) is 0 Å². The van der Waals surface area contributed by atoms with Crippen LogP contribution in [0.3, 0.4) is 0 Å². The number of halogens is 1. The molecule has 5 nitrogen and oxygen atoms in total. The topological polar surface area (TPSA) is 42.0 Å². The number of anilines is 1. The zero-order valence-corrected chi connectivity index (χ0v) is 16.8. The number of benzene rings is 2. The van der Waals surface area contributed by atoms with Crippen LogP contribution in [0.1, 0.15) is 12.5 Å². The number of carbonyl (C=O) groups excluding carboxylic acids is 1. The van der Waals surface area contributed by atoms with Crippen molar-refractivity contribution in [1.82, 2.24) is 4.90 Å². The van der Waals surface area contributed by atoms with Gasteiger partial charge in [-0.3, -0.25) is 4.79 Å². The first kappa shape index (κ1) is 18.9. The molecule has 0 bridgehead atoms. The quantitative estimate of drug-likeness (QED) is 0.785. The summed E-state index contributed by atoms with van der Waals surface area (Å²) in [6.07, 6.45) is 0.683. The maximum absolute atomic E-state index is 13.0. The molecule has 2 aromatic carbocycles. The van der Waals surface area contributed by atoms with Crippen LogP contribution in [-0.2, 0) is 11.2 Å². The lowest BCUT2D eigenvalue weighted by atomic mass is 9.95. The van der Waals surface area contributed by atoms with E-state index in [4.69, 9.17) is 21.1 Å². The summed E-state index contributed by atoms with van der Waals surface area (Å²) in [4.78, 5) is 17.3. The van der Waals surface area contributed by atoms with E-state index in [-0.39, 0.29) is 11.8 Å². The Labute approximate surface area is 170 Å². The molecule has 28 heavy (non-hydrogen) atoms. The molecule has 1 saturated heterocycles. The Hall–Kier alpha value is -2.40. The Kier molecular flexibility index (Phi) is 5.62. The molecule has 0 radical (unpaired) electrons. The molecule has 148 valence electrons. The first-order valence-corrected chi connectivity index (χ1v) is 10.2. The van der Waals surface area contributed by atoms with E-state index in [0.717, 1.165) is 35.8 Å². The molecule has 0 spiro atoms. The van der Waals surface area contributed by atoms with Crippen LogP contribution in [0.4, 0.5) is 5.69 Å². The lowest BCUT2D eigenvalue weighted by Crippen LogP contribution is -2.51. The van der Waals surface area contributed by atoms with Crippen LogP contribution in [-0.4, -0.2) is 50.2 Å². The fourth-order valence-electron chi connectivity index (χ4n) is 3.94. The van der Waals surface area contributed by atoms with Gasteiger partial charge in [-0.1, -0.05) is 23.7 Å². The van der Waals surface area contributed by atoms with Gasteiger partial charge in [-0.25, -0.2) is 0 Å². The Bertz CT molecular complexity index is 849. The molecule has 2 heterocycles. The van der Waals surface area contributed by atoms with E-state index < -0.39 is 0 Å². The van der Waals surface area contributed by atoms with E-state index in [2.05, 4.69) is 11.0 Å². The predicted molar refractivity (Wildman–Crippen MR) is 111 cm³/mol. The average molecular weight is 401 g/mol. The van der Waals surface area contributed by atoms with E-state index in [9.17, 15) is 4.79 Å². The summed E-state index contributed by atoms with van der Waals surface area (Å²) >= 11 is 6.10. The van der Waals surface area contributed by atoms with Gasteiger partial charge in [-0.15, -0.1) is 0 Å². The van der Waals surface area contributed by atoms with Crippen molar-refractivity contribution in [2.24, 2.45) is 5.92 Å². The number of para-hydroxylation sites is 2. The highest BCUT2D eigenvalue weighted by Gasteiger charge is 2.31.